The van der Waals surface area contributed by atoms with Crippen LogP contribution in [0.3, 0.4) is 0 Å². The first-order chi connectivity index (χ1) is 9.60. The second kappa shape index (κ2) is 5.88. The van der Waals surface area contributed by atoms with Crippen LogP contribution in [0.4, 0.5) is 0 Å². The highest BCUT2D eigenvalue weighted by atomic mass is 16.5. The fraction of sp³-hybridized carbons (Fsp3) is 0.0667. The molecule has 0 radical (unpaired) electrons. The number of carbonyl (C=O) groups is 2. The Labute approximate surface area is 115 Å². The van der Waals surface area contributed by atoms with Gasteiger partial charge in [-0.1, -0.05) is 0 Å². The quantitative estimate of drug-likeness (QED) is 0.686. The molecular weight excluding hydrogens is 260 g/mol. The fourth-order valence-corrected chi connectivity index (χ4v) is 1.54. The Morgan fingerprint density at radius 1 is 0.850 bits per heavy atom. The molecule has 0 aliphatic carbocycles. The molecule has 0 unspecified atom stereocenters. The number of hydrogen-bond acceptors (Lipinski definition) is 5. The van der Waals surface area contributed by atoms with Crippen molar-refractivity contribution in [1.29, 1.82) is 0 Å². The summed E-state index contributed by atoms with van der Waals surface area (Å²) in [5.74, 6) is -0.604. The van der Waals surface area contributed by atoms with Crippen molar-refractivity contribution in [3.8, 4) is 11.5 Å². The van der Waals surface area contributed by atoms with Crippen molar-refractivity contribution in [3.63, 3.8) is 0 Å². The molecule has 5 nitrogen and oxygen atoms in total. The van der Waals surface area contributed by atoms with E-state index in [4.69, 9.17) is 9.84 Å². The highest BCUT2D eigenvalue weighted by molar-refractivity contribution is 5.94. The van der Waals surface area contributed by atoms with Crippen molar-refractivity contribution in [2.24, 2.45) is 0 Å². The highest BCUT2D eigenvalue weighted by Crippen LogP contribution is 2.17. The Morgan fingerprint density at radius 3 is 1.85 bits per heavy atom. The largest absolute Gasteiger partial charge is 0.508 e. The first kappa shape index (κ1) is 13.6. The van der Waals surface area contributed by atoms with E-state index in [2.05, 4.69) is 4.74 Å². The molecule has 0 aliphatic heterocycles. The van der Waals surface area contributed by atoms with Gasteiger partial charge >= 0.3 is 11.9 Å². The van der Waals surface area contributed by atoms with Crippen molar-refractivity contribution in [3.05, 3.63) is 59.7 Å². The molecule has 102 valence electrons. The Hall–Kier alpha value is -2.82. The predicted octanol–water partition coefficient (Wildman–Crippen LogP) is 2.40. The number of methoxy groups -OCH3 is 1. The molecule has 0 aromatic heterocycles. The Morgan fingerprint density at radius 2 is 1.35 bits per heavy atom. The number of carbonyl (C=O) groups excluding carboxylic acids is 2. The van der Waals surface area contributed by atoms with E-state index in [1.165, 1.54) is 55.6 Å². The van der Waals surface area contributed by atoms with Gasteiger partial charge in [0.1, 0.15) is 11.5 Å². The Balaban J connectivity index is 2.09. The van der Waals surface area contributed by atoms with Crippen LogP contribution in [0.25, 0.3) is 0 Å². The number of phenolic OH excluding ortho intramolecular Hbond substituents is 1. The summed E-state index contributed by atoms with van der Waals surface area (Å²) in [5, 5.41) is 9.13. The van der Waals surface area contributed by atoms with Crippen LogP contribution in [0.1, 0.15) is 20.7 Å². The van der Waals surface area contributed by atoms with Crippen LogP contribution in [0.2, 0.25) is 0 Å². The van der Waals surface area contributed by atoms with Gasteiger partial charge < -0.3 is 14.6 Å². The number of ether oxygens (including phenoxy) is 2. The number of phenols is 1. The van der Waals surface area contributed by atoms with E-state index >= 15 is 0 Å². The summed E-state index contributed by atoms with van der Waals surface area (Å²) in [4.78, 5) is 23.1. The van der Waals surface area contributed by atoms with Crippen LogP contribution in [0, 0.1) is 0 Å². The van der Waals surface area contributed by atoms with E-state index in [0.29, 0.717) is 16.9 Å². The van der Waals surface area contributed by atoms with Gasteiger partial charge in [0.25, 0.3) is 0 Å². The number of esters is 2. The van der Waals surface area contributed by atoms with Crippen LogP contribution in [-0.4, -0.2) is 24.2 Å². The second-order valence-electron chi connectivity index (χ2n) is 3.95. The highest BCUT2D eigenvalue weighted by Gasteiger charge is 2.10. The summed E-state index contributed by atoms with van der Waals surface area (Å²) < 4.78 is 9.68. The van der Waals surface area contributed by atoms with Gasteiger partial charge in [-0.3, -0.25) is 0 Å². The van der Waals surface area contributed by atoms with E-state index < -0.39 is 11.9 Å². The average molecular weight is 272 g/mol. The Bertz CT molecular complexity index is 614. The summed E-state index contributed by atoms with van der Waals surface area (Å²) in [6.07, 6.45) is 0. The van der Waals surface area contributed by atoms with Crippen LogP contribution in [0.15, 0.2) is 48.5 Å². The molecule has 0 heterocycles. The lowest BCUT2D eigenvalue weighted by molar-refractivity contribution is 0.0599. The molecule has 0 saturated heterocycles. The molecule has 2 rings (SSSR count). The SMILES string of the molecule is COC(=O)c1ccc(C(=O)Oc2ccc(O)cc2)cc1. The normalized spacial score (nSPS) is 9.85. The van der Waals surface area contributed by atoms with Gasteiger partial charge in [-0.05, 0) is 48.5 Å². The minimum absolute atomic E-state index is 0.0900. The lowest BCUT2D eigenvalue weighted by atomic mass is 10.1. The molecule has 0 saturated carbocycles. The zero-order valence-corrected chi connectivity index (χ0v) is 10.7. The van der Waals surface area contributed by atoms with E-state index in [-0.39, 0.29) is 5.75 Å². The second-order valence-corrected chi connectivity index (χ2v) is 3.95. The van der Waals surface area contributed by atoms with Gasteiger partial charge in [0.2, 0.25) is 0 Å². The third-order valence-electron chi connectivity index (χ3n) is 2.59. The zero-order valence-electron chi connectivity index (χ0n) is 10.7. The van der Waals surface area contributed by atoms with E-state index in [0.717, 1.165) is 0 Å². The van der Waals surface area contributed by atoms with Gasteiger partial charge in [-0.15, -0.1) is 0 Å². The van der Waals surface area contributed by atoms with Crippen molar-refractivity contribution in [1.82, 2.24) is 0 Å². The van der Waals surface area contributed by atoms with E-state index in [9.17, 15) is 9.59 Å². The van der Waals surface area contributed by atoms with Gasteiger partial charge in [-0.25, -0.2) is 9.59 Å². The summed E-state index contributed by atoms with van der Waals surface area (Å²) >= 11 is 0. The molecule has 20 heavy (non-hydrogen) atoms. The van der Waals surface area contributed by atoms with E-state index in [1.54, 1.807) is 0 Å². The minimum atomic E-state index is -0.549. The van der Waals surface area contributed by atoms with Crippen molar-refractivity contribution in [2.75, 3.05) is 7.11 Å². The summed E-state index contributed by atoms with van der Waals surface area (Å²) in [6, 6.07) is 11.7. The maximum atomic E-state index is 11.8. The maximum Gasteiger partial charge on any atom is 0.343 e. The van der Waals surface area contributed by atoms with E-state index in [1.807, 2.05) is 0 Å². The fourth-order valence-electron chi connectivity index (χ4n) is 1.54. The minimum Gasteiger partial charge on any atom is -0.508 e. The van der Waals surface area contributed by atoms with Crippen molar-refractivity contribution < 1.29 is 24.2 Å². The molecule has 1 N–H and O–H groups in total. The summed E-state index contributed by atoms with van der Waals surface area (Å²) in [5.41, 5.74) is 0.666. The molecule has 0 amide bonds. The van der Waals surface area contributed by atoms with Gasteiger partial charge in [0.15, 0.2) is 0 Å². The van der Waals surface area contributed by atoms with Crippen molar-refractivity contribution in [2.45, 2.75) is 0 Å². The average Bonchev–Trinajstić information content (AvgIpc) is 2.49. The third-order valence-corrected chi connectivity index (χ3v) is 2.59. The molecule has 0 bridgehead atoms. The van der Waals surface area contributed by atoms with Crippen LogP contribution >= 0.6 is 0 Å². The molecule has 0 spiro atoms. The molecular formula is C15H12O5. The molecule has 0 atom stereocenters. The standard InChI is InChI=1S/C15H12O5/c1-19-14(17)10-2-4-11(5-3-10)15(18)20-13-8-6-12(16)7-9-13/h2-9,16H,1H3. The molecule has 5 heteroatoms. The number of benzene rings is 2. The van der Waals surface area contributed by atoms with Crippen LogP contribution < -0.4 is 4.74 Å². The molecule has 2 aromatic carbocycles. The molecule has 0 fully saturated rings. The third kappa shape index (κ3) is 3.14. The first-order valence-corrected chi connectivity index (χ1v) is 5.80. The number of aromatic hydroxyl groups is 1. The lowest BCUT2D eigenvalue weighted by Crippen LogP contribution is -2.09. The lowest BCUT2D eigenvalue weighted by Gasteiger charge is -2.05. The van der Waals surface area contributed by atoms with Gasteiger partial charge in [0.05, 0.1) is 18.2 Å². The van der Waals surface area contributed by atoms with Crippen LogP contribution in [-0.2, 0) is 4.74 Å². The monoisotopic (exact) mass is 272 g/mol. The Kier molecular flexibility index (Phi) is 4.00. The molecule has 0 aliphatic rings. The summed E-state index contributed by atoms with van der Waals surface area (Å²) in [6.45, 7) is 0. The van der Waals surface area contributed by atoms with Crippen LogP contribution in [0.5, 0.6) is 11.5 Å². The van der Waals surface area contributed by atoms with Crippen molar-refractivity contribution >= 4 is 11.9 Å². The topological polar surface area (TPSA) is 72.8 Å². The smallest absolute Gasteiger partial charge is 0.343 e. The first-order valence-electron chi connectivity index (χ1n) is 5.80. The summed E-state index contributed by atoms with van der Waals surface area (Å²) in [7, 11) is 1.29. The number of hydrogen-bond donors (Lipinski definition) is 1. The number of rotatable bonds is 3. The maximum absolute atomic E-state index is 11.8. The zero-order chi connectivity index (χ0) is 14.5. The molecule has 2 aromatic rings. The van der Waals surface area contributed by atoms with Gasteiger partial charge in [0, 0.05) is 0 Å². The predicted molar refractivity (Wildman–Crippen MR) is 70.8 cm³/mol. The van der Waals surface area contributed by atoms with Gasteiger partial charge in [-0.2, -0.15) is 0 Å².